The molecule has 19 heavy (non-hydrogen) atoms. The Morgan fingerprint density at radius 3 is 2.32 bits per heavy atom. The van der Waals surface area contributed by atoms with Crippen molar-refractivity contribution in [2.75, 3.05) is 11.6 Å². The lowest BCUT2D eigenvalue weighted by Crippen LogP contribution is -2.32. The molecule has 2 rings (SSSR count). The maximum Gasteiger partial charge on any atom is 0.391 e. The van der Waals surface area contributed by atoms with Crippen LogP contribution in [0.1, 0.15) is 25.7 Å². The third-order valence-corrected chi connectivity index (χ3v) is 4.45. The number of anilines is 1. The number of benzene rings is 1. The fraction of sp³-hybridized carbons (Fsp3) is 0.571. The molecule has 1 aromatic carbocycles. The zero-order valence-electron chi connectivity index (χ0n) is 10.8. The standard InChI is InChI=1S/C14H18F3NS/c1-19-13-5-3-2-4-12(13)18-11-8-6-10(7-9-11)14(15,16)17/h2-5,10-11,18H,6-9H2,1H3. The number of hydrogen-bond donors (Lipinski definition) is 1. The number of nitrogens with one attached hydrogen (secondary N) is 1. The van der Waals surface area contributed by atoms with Gasteiger partial charge in [0.25, 0.3) is 0 Å². The van der Waals surface area contributed by atoms with Gasteiger partial charge in [-0.2, -0.15) is 13.2 Å². The molecule has 1 saturated carbocycles. The summed E-state index contributed by atoms with van der Waals surface area (Å²) in [7, 11) is 0. The van der Waals surface area contributed by atoms with Crippen LogP contribution in [-0.2, 0) is 0 Å². The predicted octanol–water partition coefficient (Wildman–Crippen LogP) is 4.94. The van der Waals surface area contributed by atoms with Crippen LogP contribution in [0.4, 0.5) is 18.9 Å². The van der Waals surface area contributed by atoms with Crippen molar-refractivity contribution in [1.29, 1.82) is 0 Å². The van der Waals surface area contributed by atoms with Gasteiger partial charge in [0.1, 0.15) is 0 Å². The molecule has 0 spiro atoms. The highest BCUT2D eigenvalue weighted by Crippen LogP contribution is 2.38. The van der Waals surface area contributed by atoms with Gasteiger partial charge in [-0.1, -0.05) is 12.1 Å². The summed E-state index contributed by atoms with van der Waals surface area (Å²) in [5.41, 5.74) is 1.03. The van der Waals surface area contributed by atoms with E-state index < -0.39 is 12.1 Å². The molecule has 1 aliphatic rings. The lowest BCUT2D eigenvalue weighted by molar-refractivity contribution is -0.182. The molecule has 0 atom stereocenters. The van der Waals surface area contributed by atoms with E-state index in [1.807, 2.05) is 30.5 Å². The topological polar surface area (TPSA) is 12.0 Å². The second-order valence-electron chi connectivity index (χ2n) is 4.93. The van der Waals surface area contributed by atoms with Crippen molar-refractivity contribution >= 4 is 17.4 Å². The van der Waals surface area contributed by atoms with Gasteiger partial charge in [-0.25, -0.2) is 0 Å². The van der Waals surface area contributed by atoms with Crippen molar-refractivity contribution in [3.63, 3.8) is 0 Å². The van der Waals surface area contributed by atoms with Crippen LogP contribution < -0.4 is 5.32 Å². The van der Waals surface area contributed by atoms with Crippen LogP contribution in [0.2, 0.25) is 0 Å². The molecule has 0 aromatic heterocycles. The summed E-state index contributed by atoms with van der Waals surface area (Å²) in [5.74, 6) is -1.11. The summed E-state index contributed by atoms with van der Waals surface area (Å²) in [6, 6.07) is 8.09. The van der Waals surface area contributed by atoms with Gasteiger partial charge in [-0.3, -0.25) is 0 Å². The first-order chi connectivity index (χ1) is 9.00. The lowest BCUT2D eigenvalue weighted by Gasteiger charge is -2.31. The van der Waals surface area contributed by atoms with Crippen LogP contribution in [-0.4, -0.2) is 18.5 Å². The molecule has 1 N–H and O–H groups in total. The lowest BCUT2D eigenvalue weighted by atomic mass is 9.85. The summed E-state index contributed by atoms with van der Waals surface area (Å²) < 4.78 is 37.8. The highest BCUT2D eigenvalue weighted by Gasteiger charge is 2.41. The van der Waals surface area contributed by atoms with Crippen molar-refractivity contribution in [1.82, 2.24) is 0 Å². The molecule has 106 valence electrons. The van der Waals surface area contributed by atoms with Crippen molar-refractivity contribution < 1.29 is 13.2 Å². The zero-order chi connectivity index (χ0) is 13.9. The second kappa shape index (κ2) is 6.07. The van der Waals surface area contributed by atoms with Crippen LogP contribution in [0.3, 0.4) is 0 Å². The Kier molecular flexibility index (Phi) is 4.66. The second-order valence-corrected chi connectivity index (χ2v) is 5.78. The Bertz CT molecular complexity index is 411. The molecule has 0 bridgehead atoms. The quantitative estimate of drug-likeness (QED) is 0.791. The first kappa shape index (κ1) is 14.6. The van der Waals surface area contributed by atoms with Gasteiger partial charge in [0.2, 0.25) is 0 Å². The van der Waals surface area contributed by atoms with E-state index in [0.717, 1.165) is 10.6 Å². The monoisotopic (exact) mass is 289 g/mol. The Balaban J connectivity index is 1.92. The van der Waals surface area contributed by atoms with Gasteiger partial charge in [-0.15, -0.1) is 11.8 Å². The molecule has 1 aromatic rings. The Hall–Kier alpha value is -0.840. The van der Waals surface area contributed by atoms with Crippen LogP contribution in [0.5, 0.6) is 0 Å². The fourth-order valence-electron chi connectivity index (χ4n) is 2.55. The molecule has 0 aliphatic heterocycles. The average molecular weight is 289 g/mol. The van der Waals surface area contributed by atoms with E-state index in [0.29, 0.717) is 12.8 Å². The van der Waals surface area contributed by atoms with E-state index in [2.05, 4.69) is 5.32 Å². The third kappa shape index (κ3) is 3.81. The summed E-state index contributed by atoms with van der Waals surface area (Å²) in [5, 5.41) is 3.38. The largest absolute Gasteiger partial charge is 0.391 e. The van der Waals surface area contributed by atoms with E-state index in [4.69, 9.17) is 0 Å². The molecule has 0 saturated heterocycles. The minimum absolute atomic E-state index is 0.159. The average Bonchev–Trinajstić information content (AvgIpc) is 2.39. The van der Waals surface area contributed by atoms with E-state index in [1.54, 1.807) is 11.8 Å². The number of rotatable bonds is 3. The molecule has 0 heterocycles. The SMILES string of the molecule is CSc1ccccc1NC1CCC(C(F)(F)F)CC1. The number of para-hydroxylation sites is 1. The van der Waals surface area contributed by atoms with E-state index in [1.165, 1.54) is 0 Å². The molecule has 0 radical (unpaired) electrons. The summed E-state index contributed by atoms with van der Waals surface area (Å²) in [6.07, 6.45) is -0.367. The molecule has 5 heteroatoms. The summed E-state index contributed by atoms with van der Waals surface area (Å²) in [6.45, 7) is 0. The van der Waals surface area contributed by atoms with E-state index >= 15 is 0 Å². The van der Waals surface area contributed by atoms with Gasteiger partial charge in [0.05, 0.1) is 5.92 Å². The number of halogens is 3. The van der Waals surface area contributed by atoms with Gasteiger partial charge >= 0.3 is 6.18 Å². The van der Waals surface area contributed by atoms with Crippen LogP contribution in [0.25, 0.3) is 0 Å². The fourth-order valence-corrected chi connectivity index (χ4v) is 3.11. The smallest absolute Gasteiger partial charge is 0.381 e. The minimum atomic E-state index is -4.03. The van der Waals surface area contributed by atoms with Crippen molar-refractivity contribution in [3.05, 3.63) is 24.3 Å². The maximum atomic E-state index is 12.6. The van der Waals surface area contributed by atoms with E-state index in [-0.39, 0.29) is 18.9 Å². The maximum absolute atomic E-state index is 12.6. The van der Waals surface area contributed by atoms with Crippen LogP contribution >= 0.6 is 11.8 Å². The minimum Gasteiger partial charge on any atom is -0.381 e. The molecule has 0 amide bonds. The zero-order valence-corrected chi connectivity index (χ0v) is 11.7. The van der Waals surface area contributed by atoms with Crippen LogP contribution in [0, 0.1) is 5.92 Å². The van der Waals surface area contributed by atoms with Gasteiger partial charge in [0, 0.05) is 16.6 Å². The summed E-state index contributed by atoms with van der Waals surface area (Å²) >= 11 is 1.65. The summed E-state index contributed by atoms with van der Waals surface area (Å²) in [4.78, 5) is 1.14. The number of hydrogen-bond acceptors (Lipinski definition) is 2. The van der Waals surface area contributed by atoms with Gasteiger partial charge in [-0.05, 0) is 44.1 Å². The first-order valence-electron chi connectivity index (χ1n) is 6.47. The number of thioether (sulfide) groups is 1. The third-order valence-electron chi connectivity index (χ3n) is 3.66. The Labute approximate surface area is 116 Å². The molecule has 1 aliphatic carbocycles. The van der Waals surface area contributed by atoms with Crippen molar-refractivity contribution in [3.8, 4) is 0 Å². The van der Waals surface area contributed by atoms with Crippen molar-refractivity contribution in [2.45, 2.75) is 42.8 Å². The highest BCUT2D eigenvalue weighted by atomic mass is 32.2. The number of alkyl halides is 3. The molecular weight excluding hydrogens is 271 g/mol. The molecule has 1 nitrogen and oxygen atoms in total. The normalized spacial score (nSPS) is 24.2. The van der Waals surface area contributed by atoms with Crippen molar-refractivity contribution in [2.24, 2.45) is 5.92 Å². The highest BCUT2D eigenvalue weighted by molar-refractivity contribution is 7.98. The molecule has 0 unspecified atom stereocenters. The Morgan fingerprint density at radius 1 is 1.11 bits per heavy atom. The molecule has 1 fully saturated rings. The van der Waals surface area contributed by atoms with Crippen LogP contribution in [0.15, 0.2) is 29.2 Å². The predicted molar refractivity (Wildman–Crippen MR) is 73.6 cm³/mol. The first-order valence-corrected chi connectivity index (χ1v) is 7.69. The Morgan fingerprint density at radius 2 is 1.74 bits per heavy atom. The molecular formula is C14H18F3NS. The van der Waals surface area contributed by atoms with E-state index in [9.17, 15) is 13.2 Å². The van der Waals surface area contributed by atoms with Gasteiger partial charge < -0.3 is 5.32 Å². The van der Waals surface area contributed by atoms with Gasteiger partial charge in [0.15, 0.2) is 0 Å².